The summed E-state index contributed by atoms with van der Waals surface area (Å²) in [6, 6.07) is 10.3. The van der Waals surface area contributed by atoms with Crippen LogP contribution in [0.5, 0.6) is 17.2 Å². The lowest BCUT2D eigenvalue weighted by molar-refractivity contribution is -0.128. The Balaban J connectivity index is 1.43. The highest BCUT2D eigenvalue weighted by atomic mass is 35.5. The van der Waals surface area contributed by atoms with Crippen molar-refractivity contribution in [2.45, 2.75) is 11.7 Å². The number of ether oxygens (including phenoxy) is 4. The Kier molecular flexibility index (Phi) is 5.22. The van der Waals surface area contributed by atoms with Crippen LogP contribution < -0.4 is 24.4 Å². The molecule has 2 saturated heterocycles. The van der Waals surface area contributed by atoms with E-state index in [1.807, 2.05) is 12.2 Å². The van der Waals surface area contributed by atoms with Gasteiger partial charge in [0.2, 0.25) is 17.6 Å². The lowest BCUT2D eigenvalue weighted by Crippen LogP contribution is -2.41. The second kappa shape index (κ2) is 7.97. The third-order valence-electron chi connectivity index (χ3n) is 6.47. The van der Waals surface area contributed by atoms with Crippen LogP contribution in [0, 0.1) is 11.8 Å². The molecule has 4 atom stereocenters. The summed E-state index contributed by atoms with van der Waals surface area (Å²) in [5.41, 5.74) is 0.367. The average Bonchev–Trinajstić information content (AvgIpc) is 3.47. The number of benzene rings is 2. The number of halogens is 1. The Morgan fingerprint density at radius 2 is 1.79 bits per heavy atom. The number of anilines is 2. The molecule has 3 aliphatic heterocycles. The molecule has 2 aromatic carbocycles. The Morgan fingerprint density at radius 3 is 2.39 bits per heavy atom. The van der Waals surface area contributed by atoms with Crippen molar-refractivity contribution < 1.29 is 28.5 Å². The first-order chi connectivity index (χ1) is 15.9. The molecule has 8 nitrogen and oxygen atoms in total. The van der Waals surface area contributed by atoms with Crippen LogP contribution in [0.2, 0.25) is 5.02 Å². The Bertz CT molecular complexity index is 1130. The maximum absolute atomic E-state index is 13.5. The molecule has 9 heteroatoms. The quantitative estimate of drug-likeness (QED) is 0.652. The summed E-state index contributed by atoms with van der Waals surface area (Å²) < 4.78 is 22.3. The van der Waals surface area contributed by atoms with Crippen LogP contribution in [0.3, 0.4) is 0 Å². The number of fused-ring (bicyclic) bond motifs is 1. The fraction of sp³-hybridized carbons (Fsp3) is 0.333. The van der Waals surface area contributed by atoms with Crippen molar-refractivity contribution in [3.63, 3.8) is 0 Å². The molecule has 3 heterocycles. The molecule has 3 aliphatic rings. The zero-order valence-electron chi connectivity index (χ0n) is 18.3. The van der Waals surface area contributed by atoms with Gasteiger partial charge in [0.15, 0.2) is 11.5 Å². The monoisotopic (exact) mass is 470 g/mol. The molecular weight excluding hydrogens is 448 g/mol. The van der Waals surface area contributed by atoms with Crippen LogP contribution >= 0.6 is 11.6 Å². The van der Waals surface area contributed by atoms with E-state index in [9.17, 15) is 9.59 Å². The molecule has 2 amide bonds. The number of methoxy groups -OCH3 is 3. The zero-order valence-corrected chi connectivity index (χ0v) is 19.1. The van der Waals surface area contributed by atoms with Crippen molar-refractivity contribution >= 4 is 34.8 Å². The molecule has 1 spiro atoms. The van der Waals surface area contributed by atoms with E-state index in [0.717, 1.165) is 5.69 Å². The minimum Gasteiger partial charge on any atom is -0.493 e. The van der Waals surface area contributed by atoms with Crippen LogP contribution in [0.1, 0.15) is 0 Å². The molecule has 2 aromatic rings. The molecule has 1 N–H and O–H groups in total. The first-order valence-corrected chi connectivity index (χ1v) is 10.8. The minimum absolute atomic E-state index is 0.144. The molecule has 0 aromatic heterocycles. The second-order valence-electron chi connectivity index (χ2n) is 8.20. The normalized spacial score (nSPS) is 27.0. The Morgan fingerprint density at radius 1 is 1.12 bits per heavy atom. The lowest BCUT2D eigenvalue weighted by atomic mass is 9.77. The van der Waals surface area contributed by atoms with E-state index in [0.29, 0.717) is 34.5 Å². The first kappa shape index (κ1) is 21.6. The molecular formula is C24H23ClN2O6. The van der Waals surface area contributed by atoms with Crippen molar-refractivity contribution in [2.24, 2.45) is 11.8 Å². The fourth-order valence-corrected chi connectivity index (χ4v) is 5.14. The van der Waals surface area contributed by atoms with Gasteiger partial charge in [0.25, 0.3) is 0 Å². The Hall–Kier alpha value is -3.23. The predicted octanol–water partition coefficient (Wildman–Crippen LogP) is 3.29. The first-order valence-electron chi connectivity index (χ1n) is 10.5. The predicted molar refractivity (Wildman–Crippen MR) is 122 cm³/mol. The highest BCUT2D eigenvalue weighted by molar-refractivity contribution is 6.30. The summed E-state index contributed by atoms with van der Waals surface area (Å²) in [5.74, 6) is -0.486. The number of amides is 2. The van der Waals surface area contributed by atoms with Gasteiger partial charge in [-0.25, -0.2) is 0 Å². The third-order valence-corrected chi connectivity index (χ3v) is 6.73. The van der Waals surface area contributed by atoms with E-state index in [1.54, 1.807) is 41.3 Å². The van der Waals surface area contributed by atoms with Crippen molar-refractivity contribution in [2.75, 3.05) is 38.1 Å². The topological polar surface area (TPSA) is 86.3 Å². The largest absolute Gasteiger partial charge is 0.493 e. The summed E-state index contributed by atoms with van der Waals surface area (Å²) in [7, 11) is 4.52. The number of hydrogen-bond acceptors (Lipinski definition) is 6. The SMILES string of the molecule is COc1cc(NC(=O)[C@@H]2[C@H]3C=C[C@]4(CN(c5ccc(Cl)cc5)C(=O)[C@@H]24)O3)cc(OC)c1OC. The van der Waals surface area contributed by atoms with E-state index < -0.39 is 23.5 Å². The maximum atomic E-state index is 13.5. The number of rotatable bonds is 6. The molecule has 0 radical (unpaired) electrons. The third kappa shape index (κ3) is 3.32. The van der Waals surface area contributed by atoms with Crippen molar-refractivity contribution in [3.8, 4) is 17.2 Å². The summed E-state index contributed by atoms with van der Waals surface area (Å²) in [5, 5.41) is 3.49. The Labute approximate surface area is 196 Å². The molecule has 33 heavy (non-hydrogen) atoms. The standard InChI is InChI=1S/C24H23ClN2O6/c1-30-17-10-14(11-18(31-2)21(17)32-3)26-22(28)19-16-8-9-24(33-16)12-27(23(29)20(19)24)15-6-4-13(25)5-7-15/h4-11,16,19-20H,12H2,1-3H3,(H,26,28)/t16-,19-,20-,24-/m1/s1. The van der Waals surface area contributed by atoms with Gasteiger partial charge in [0, 0.05) is 28.5 Å². The summed E-state index contributed by atoms with van der Waals surface area (Å²) in [6.07, 6.45) is 3.32. The second-order valence-corrected chi connectivity index (χ2v) is 8.64. The average molecular weight is 471 g/mol. The van der Waals surface area contributed by atoms with Gasteiger partial charge in [-0.15, -0.1) is 0 Å². The molecule has 5 rings (SSSR count). The number of nitrogens with zero attached hydrogens (tertiary/aromatic N) is 1. The van der Waals surface area contributed by atoms with Crippen molar-refractivity contribution in [1.82, 2.24) is 0 Å². The van der Waals surface area contributed by atoms with Gasteiger partial charge in [-0.2, -0.15) is 0 Å². The van der Waals surface area contributed by atoms with Crippen LogP contribution in [-0.4, -0.2) is 51.4 Å². The van der Waals surface area contributed by atoms with E-state index in [1.165, 1.54) is 21.3 Å². The van der Waals surface area contributed by atoms with Gasteiger partial charge >= 0.3 is 0 Å². The highest BCUT2D eigenvalue weighted by Gasteiger charge is 2.67. The molecule has 0 unspecified atom stereocenters. The van der Waals surface area contributed by atoms with Gasteiger partial charge < -0.3 is 29.2 Å². The summed E-state index contributed by atoms with van der Waals surface area (Å²) >= 11 is 6.00. The van der Waals surface area contributed by atoms with Gasteiger partial charge in [-0.3, -0.25) is 9.59 Å². The number of hydrogen-bond donors (Lipinski definition) is 1. The molecule has 0 saturated carbocycles. The van der Waals surface area contributed by atoms with Gasteiger partial charge in [-0.05, 0) is 24.3 Å². The highest BCUT2D eigenvalue weighted by Crippen LogP contribution is 2.53. The van der Waals surface area contributed by atoms with Gasteiger partial charge in [-0.1, -0.05) is 23.8 Å². The number of carbonyl (C=O) groups excluding carboxylic acids is 2. The fourth-order valence-electron chi connectivity index (χ4n) is 5.02. The van der Waals surface area contributed by atoms with Crippen LogP contribution in [-0.2, 0) is 14.3 Å². The van der Waals surface area contributed by atoms with Crippen molar-refractivity contribution in [3.05, 3.63) is 53.6 Å². The van der Waals surface area contributed by atoms with E-state index in [4.69, 9.17) is 30.5 Å². The van der Waals surface area contributed by atoms with Crippen LogP contribution in [0.4, 0.5) is 11.4 Å². The van der Waals surface area contributed by atoms with Crippen molar-refractivity contribution in [1.29, 1.82) is 0 Å². The van der Waals surface area contributed by atoms with E-state index >= 15 is 0 Å². The molecule has 2 bridgehead atoms. The van der Waals surface area contributed by atoms with Gasteiger partial charge in [0.1, 0.15) is 5.60 Å². The zero-order chi connectivity index (χ0) is 23.3. The van der Waals surface area contributed by atoms with Crippen LogP contribution in [0.15, 0.2) is 48.6 Å². The van der Waals surface area contributed by atoms with Crippen LogP contribution in [0.25, 0.3) is 0 Å². The summed E-state index contributed by atoms with van der Waals surface area (Å²) in [6.45, 7) is 0.346. The van der Waals surface area contributed by atoms with E-state index in [2.05, 4.69) is 5.32 Å². The molecule has 172 valence electrons. The number of carbonyl (C=O) groups is 2. The van der Waals surface area contributed by atoms with E-state index in [-0.39, 0.29) is 11.8 Å². The lowest BCUT2D eigenvalue weighted by Gasteiger charge is -2.24. The number of nitrogens with one attached hydrogen (secondary N) is 1. The maximum Gasteiger partial charge on any atom is 0.234 e. The summed E-state index contributed by atoms with van der Waals surface area (Å²) in [4.78, 5) is 28.5. The minimum atomic E-state index is -0.821. The molecule has 0 aliphatic carbocycles. The smallest absolute Gasteiger partial charge is 0.234 e. The van der Waals surface area contributed by atoms with Gasteiger partial charge in [0.05, 0.1) is 45.8 Å². The molecule has 2 fully saturated rings.